The highest BCUT2D eigenvalue weighted by atomic mass is 35.5. The maximum Gasteiger partial charge on any atom is 0.199 e. The molecule has 0 aromatic heterocycles. The van der Waals surface area contributed by atoms with Gasteiger partial charge >= 0.3 is 0 Å². The van der Waals surface area contributed by atoms with E-state index in [1.807, 2.05) is 0 Å². The number of hydrogen-bond donors (Lipinski definition) is 6. The van der Waals surface area contributed by atoms with E-state index in [1.54, 1.807) is 0 Å². The van der Waals surface area contributed by atoms with Gasteiger partial charge in [0, 0.05) is 0 Å². The van der Waals surface area contributed by atoms with Crippen LogP contribution in [0.5, 0.6) is 0 Å². The van der Waals surface area contributed by atoms with Crippen LogP contribution < -0.4 is 5.73 Å². The summed E-state index contributed by atoms with van der Waals surface area (Å²) in [6.07, 6.45) is -5.81. The van der Waals surface area contributed by atoms with E-state index < -0.39 is 30.6 Å². The molecule has 7 N–H and O–H groups in total. The Labute approximate surface area is 86.2 Å². The van der Waals surface area contributed by atoms with Gasteiger partial charge in [0.15, 0.2) is 12.0 Å². The van der Waals surface area contributed by atoms with Crippen molar-refractivity contribution in [2.45, 2.75) is 24.0 Å². The minimum Gasteiger partial charge on any atom is -0.394 e. The van der Waals surface area contributed by atoms with Crippen molar-refractivity contribution in [3.63, 3.8) is 0 Å². The molecule has 7 nitrogen and oxygen atoms in total. The molecule has 0 aliphatic rings. The highest BCUT2D eigenvalue weighted by molar-refractivity contribution is 5.85. The number of carbonyl (C=O) groups is 1. The number of carbonyl (C=O) groups excluding carboxylic acids is 1. The Morgan fingerprint density at radius 2 is 1.79 bits per heavy atom. The molecule has 0 saturated heterocycles. The zero-order valence-corrected chi connectivity index (χ0v) is 7.96. The monoisotopic (exact) mass is 231 g/mol. The summed E-state index contributed by atoms with van der Waals surface area (Å²) in [5.41, 5.74) is 2.19. The molecule has 0 amide bonds. The molecular formula is C6H14ClNO6. The lowest BCUT2D eigenvalue weighted by atomic mass is 10.00. The topological polar surface area (TPSA) is 144 Å². The van der Waals surface area contributed by atoms with Gasteiger partial charge in [-0.3, -0.25) is 10.5 Å². The Morgan fingerprint density at radius 1 is 1.36 bits per heavy atom. The van der Waals surface area contributed by atoms with Crippen LogP contribution >= 0.6 is 12.4 Å². The molecule has 0 heterocycles. The Hall–Kier alpha value is -0.280. The zero-order chi connectivity index (χ0) is 10.6. The van der Waals surface area contributed by atoms with E-state index in [0.29, 0.717) is 0 Å². The average molecular weight is 232 g/mol. The minimum atomic E-state index is -2.64. The molecule has 0 aromatic rings. The molecule has 0 aliphatic heterocycles. The van der Waals surface area contributed by atoms with E-state index in [0.717, 1.165) is 0 Å². The summed E-state index contributed by atoms with van der Waals surface area (Å²) in [5.74, 6) is 0. The first-order valence-corrected chi connectivity index (χ1v) is 3.49. The number of nitrogens with two attached hydrogens (primary N) is 1. The van der Waals surface area contributed by atoms with Crippen molar-refractivity contribution >= 4 is 18.7 Å². The van der Waals surface area contributed by atoms with Gasteiger partial charge < -0.3 is 25.5 Å². The smallest absolute Gasteiger partial charge is 0.199 e. The highest BCUT2D eigenvalue weighted by Gasteiger charge is 2.39. The van der Waals surface area contributed by atoms with Crippen LogP contribution in [0.3, 0.4) is 0 Å². The van der Waals surface area contributed by atoms with Gasteiger partial charge in [0.05, 0.1) is 6.61 Å². The number of halogens is 1. The summed E-state index contributed by atoms with van der Waals surface area (Å²) in [6.45, 7) is -0.826. The van der Waals surface area contributed by atoms with Gasteiger partial charge in [-0.25, -0.2) is 0 Å². The molecule has 0 unspecified atom stereocenters. The summed E-state index contributed by atoms with van der Waals surface area (Å²) in [6, 6.07) is 0. The summed E-state index contributed by atoms with van der Waals surface area (Å²) in [5, 5.41) is 44.1. The van der Waals surface area contributed by atoms with Crippen molar-refractivity contribution in [3.8, 4) is 0 Å². The number of aliphatic hydroxyl groups is 5. The molecule has 0 fully saturated rings. The predicted molar refractivity (Wildman–Crippen MR) is 47.6 cm³/mol. The van der Waals surface area contributed by atoms with Gasteiger partial charge in [-0.15, -0.1) is 12.4 Å². The van der Waals surface area contributed by atoms with Crippen LogP contribution in [0.25, 0.3) is 0 Å². The van der Waals surface area contributed by atoms with Crippen LogP contribution in [0.4, 0.5) is 0 Å². The second-order valence-corrected chi connectivity index (χ2v) is 2.69. The minimum absolute atomic E-state index is 0. The Balaban J connectivity index is 0. The molecular weight excluding hydrogens is 218 g/mol. The van der Waals surface area contributed by atoms with Crippen LogP contribution in [-0.2, 0) is 4.79 Å². The average Bonchev–Trinajstić information content (AvgIpc) is 2.14. The number of aliphatic hydroxyl groups excluding tert-OH is 4. The SMILES string of the molecule is Cl.N[C@@](O)(C=O)[C@@H](O)[C@H](O)[C@H](O)CO. The van der Waals surface area contributed by atoms with E-state index in [4.69, 9.17) is 31.3 Å². The molecule has 8 heteroatoms. The van der Waals surface area contributed by atoms with Crippen LogP contribution in [0.1, 0.15) is 0 Å². The van der Waals surface area contributed by atoms with Crippen molar-refractivity contribution in [1.82, 2.24) is 0 Å². The molecule has 0 rings (SSSR count). The van der Waals surface area contributed by atoms with E-state index in [2.05, 4.69) is 0 Å². The largest absolute Gasteiger partial charge is 0.394 e. The Morgan fingerprint density at radius 3 is 2.07 bits per heavy atom. The van der Waals surface area contributed by atoms with Gasteiger partial charge in [-0.2, -0.15) is 0 Å². The normalized spacial score (nSPS) is 21.3. The standard InChI is InChI=1S/C6H13NO6.ClH/c7-6(13,2-9)5(12)4(11)3(10)1-8;/h2-5,8,10-13H,1,7H2;1H/t3-,4-,5+,6-;/m1./s1. The highest BCUT2D eigenvalue weighted by Crippen LogP contribution is 2.08. The van der Waals surface area contributed by atoms with Crippen molar-refractivity contribution in [2.24, 2.45) is 5.73 Å². The van der Waals surface area contributed by atoms with Gasteiger partial charge in [0.1, 0.15) is 18.3 Å². The third-order valence-electron chi connectivity index (χ3n) is 1.57. The molecule has 0 spiro atoms. The lowest BCUT2D eigenvalue weighted by Crippen LogP contribution is -2.60. The molecule has 0 saturated carbocycles. The second-order valence-electron chi connectivity index (χ2n) is 2.69. The van der Waals surface area contributed by atoms with Gasteiger partial charge in [0.25, 0.3) is 0 Å². The van der Waals surface area contributed by atoms with E-state index in [9.17, 15) is 4.79 Å². The molecule has 0 aliphatic carbocycles. The van der Waals surface area contributed by atoms with Crippen molar-refractivity contribution < 1.29 is 30.3 Å². The summed E-state index contributed by atoms with van der Waals surface area (Å²) in [7, 11) is 0. The molecule has 0 bridgehead atoms. The van der Waals surface area contributed by atoms with Gasteiger partial charge in [0.2, 0.25) is 0 Å². The number of hydrogen-bond acceptors (Lipinski definition) is 7. The fourth-order valence-electron chi connectivity index (χ4n) is 0.662. The fraction of sp³-hybridized carbons (Fsp3) is 0.833. The fourth-order valence-corrected chi connectivity index (χ4v) is 0.662. The Kier molecular flexibility index (Phi) is 7.21. The van der Waals surface area contributed by atoms with Crippen molar-refractivity contribution in [1.29, 1.82) is 0 Å². The Bertz CT molecular complexity index is 178. The quantitative estimate of drug-likeness (QED) is 0.211. The first-order valence-electron chi connectivity index (χ1n) is 3.49. The molecule has 86 valence electrons. The molecule has 14 heavy (non-hydrogen) atoms. The van der Waals surface area contributed by atoms with E-state index in [1.165, 1.54) is 0 Å². The van der Waals surface area contributed by atoms with E-state index >= 15 is 0 Å². The number of rotatable bonds is 5. The first-order chi connectivity index (χ1) is 5.86. The molecule has 0 radical (unpaired) electrons. The van der Waals surface area contributed by atoms with E-state index in [-0.39, 0.29) is 18.7 Å². The van der Waals surface area contributed by atoms with Crippen LogP contribution in [0.15, 0.2) is 0 Å². The lowest BCUT2D eigenvalue weighted by molar-refractivity contribution is -0.163. The lowest BCUT2D eigenvalue weighted by Gasteiger charge is -2.28. The van der Waals surface area contributed by atoms with Crippen molar-refractivity contribution in [2.75, 3.05) is 6.61 Å². The summed E-state index contributed by atoms with van der Waals surface area (Å²) >= 11 is 0. The van der Waals surface area contributed by atoms with Crippen LogP contribution in [0, 0.1) is 0 Å². The molecule has 4 atom stereocenters. The maximum atomic E-state index is 10.1. The third kappa shape index (κ3) is 3.84. The maximum absolute atomic E-state index is 10.1. The first kappa shape index (κ1) is 16.2. The second kappa shape index (κ2) is 6.25. The third-order valence-corrected chi connectivity index (χ3v) is 1.57. The van der Waals surface area contributed by atoms with Crippen LogP contribution in [0.2, 0.25) is 0 Å². The zero-order valence-electron chi connectivity index (χ0n) is 7.15. The van der Waals surface area contributed by atoms with Crippen molar-refractivity contribution in [3.05, 3.63) is 0 Å². The van der Waals surface area contributed by atoms with Gasteiger partial charge in [-0.05, 0) is 0 Å². The molecule has 0 aromatic carbocycles. The van der Waals surface area contributed by atoms with Crippen LogP contribution in [-0.4, -0.2) is 62.5 Å². The number of aldehydes is 1. The van der Waals surface area contributed by atoms with Gasteiger partial charge in [-0.1, -0.05) is 0 Å². The predicted octanol–water partition coefficient (Wildman–Crippen LogP) is -3.67. The summed E-state index contributed by atoms with van der Waals surface area (Å²) < 4.78 is 0. The summed E-state index contributed by atoms with van der Waals surface area (Å²) in [4.78, 5) is 10.1.